The number of esters is 1. The fraction of sp³-hybridized carbons (Fsp3) is 0.345. The van der Waals surface area contributed by atoms with Gasteiger partial charge in [-0.3, -0.25) is 4.79 Å². The van der Waals surface area contributed by atoms with Gasteiger partial charge in [0, 0.05) is 12.0 Å². The van der Waals surface area contributed by atoms with Crippen molar-refractivity contribution < 1.29 is 19.1 Å². The van der Waals surface area contributed by atoms with Crippen molar-refractivity contribution in [2.45, 2.75) is 58.8 Å². The average Bonchev–Trinajstić information content (AvgIpc) is 2.87. The van der Waals surface area contributed by atoms with E-state index in [1.165, 1.54) is 19.3 Å². The third-order valence-electron chi connectivity index (χ3n) is 5.67. The van der Waals surface area contributed by atoms with E-state index in [0.29, 0.717) is 35.7 Å². The molecule has 0 aliphatic rings. The van der Waals surface area contributed by atoms with Gasteiger partial charge in [-0.2, -0.15) is 5.10 Å². The molecule has 3 aromatic carbocycles. The zero-order valence-corrected chi connectivity index (χ0v) is 20.6. The fourth-order valence-electron chi connectivity index (χ4n) is 3.80. The molecule has 1 amide bonds. The molecule has 3 aromatic rings. The van der Waals surface area contributed by atoms with Crippen LogP contribution in [0.5, 0.6) is 11.5 Å². The van der Waals surface area contributed by atoms with Crippen molar-refractivity contribution in [1.29, 1.82) is 0 Å². The molecule has 0 saturated carbocycles. The van der Waals surface area contributed by atoms with Gasteiger partial charge in [0.1, 0.15) is 11.5 Å². The van der Waals surface area contributed by atoms with Crippen LogP contribution in [0.3, 0.4) is 0 Å². The lowest BCUT2D eigenvalue weighted by Gasteiger charge is -2.11. The number of amides is 1. The second-order valence-corrected chi connectivity index (χ2v) is 8.36. The zero-order valence-electron chi connectivity index (χ0n) is 20.6. The van der Waals surface area contributed by atoms with E-state index in [-0.39, 0.29) is 5.91 Å². The molecule has 0 atom stereocenters. The highest BCUT2D eigenvalue weighted by atomic mass is 16.5. The van der Waals surface area contributed by atoms with Crippen molar-refractivity contribution >= 4 is 28.9 Å². The Kier molecular flexibility index (Phi) is 10.3. The Morgan fingerprint density at radius 3 is 2.40 bits per heavy atom. The van der Waals surface area contributed by atoms with Gasteiger partial charge in [-0.25, -0.2) is 10.2 Å². The topological polar surface area (TPSA) is 77.0 Å². The Balaban J connectivity index is 1.69. The average molecular weight is 475 g/mol. The van der Waals surface area contributed by atoms with Gasteiger partial charge in [-0.15, -0.1) is 0 Å². The molecule has 184 valence electrons. The molecule has 35 heavy (non-hydrogen) atoms. The molecule has 0 unspecified atom stereocenters. The predicted molar refractivity (Wildman–Crippen MR) is 140 cm³/mol. The highest BCUT2D eigenvalue weighted by molar-refractivity contribution is 6.04. The minimum atomic E-state index is -0.481. The van der Waals surface area contributed by atoms with E-state index in [4.69, 9.17) is 9.47 Å². The summed E-state index contributed by atoms with van der Waals surface area (Å²) in [6.45, 7) is 4.65. The van der Waals surface area contributed by atoms with Crippen LogP contribution in [0.2, 0.25) is 0 Å². The lowest BCUT2D eigenvalue weighted by molar-refractivity contribution is -0.121. The molecule has 0 saturated heterocycles. The number of benzene rings is 3. The monoisotopic (exact) mass is 474 g/mol. The molecule has 0 heterocycles. The smallest absolute Gasteiger partial charge is 0.343 e. The van der Waals surface area contributed by atoms with Crippen molar-refractivity contribution in [2.24, 2.45) is 5.10 Å². The minimum absolute atomic E-state index is 0.120. The van der Waals surface area contributed by atoms with E-state index in [9.17, 15) is 9.59 Å². The number of carbonyl (C=O) groups excluding carboxylic acids is 2. The van der Waals surface area contributed by atoms with E-state index in [1.54, 1.807) is 36.5 Å². The first-order chi connectivity index (χ1) is 17.1. The fourth-order valence-corrected chi connectivity index (χ4v) is 3.80. The Morgan fingerprint density at radius 2 is 1.63 bits per heavy atom. The summed E-state index contributed by atoms with van der Waals surface area (Å²) in [6.07, 6.45) is 8.71. The Morgan fingerprint density at radius 1 is 0.886 bits per heavy atom. The highest BCUT2D eigenvalue weighted by Crippen LogP contribution is 2.27. The summed E-state index contributed by atoms with van der Waals surface area (Å²) in [4.78, 5) is 25.0. The number of nitrogens with one attached hydrogen (secondary N) is 1. The van der Waals surface area contributed by atoms with Gasteiger partial charge in [0.25, 0.3) is 0 Å². The van der Waals surface area contributed by atoms with Crippen LogP contribution in [-0.4, -0.2) is 24.7 Å². The van der Waals surface area contributed by atoms with E-state index in [1.807, 2.05) is 37.3 Å². The van der Waals surface area contributed by atoms with Crippen LogP contribution in [0.1, 0.15) is 74.7 Å². The summed E-state index contributed by atoms with van der Waals surface area (Å²) in [6, 6.07) is 18.2. The second kappa shape index (κ2) is 13.9. The van der Waals surface area contributed by atoms with E-state index >= 15 is 0 Å². The van der Waals surface area contributed by atoms with Gasteiger partial charge in [0.05, 0.1) is 18.4 Å². The van der Waals surface area contributed by atoms with Crippen LogP contribution in [-0.2, 0) is 4.79 Å². The molecule has 0 bridgehead atoms. The summed E-state index contributed by atoms with van der Waals surface area (Å²) in [5, 5.41) is 6.01. The van der Waals surface area contributed by atoms with Crippen molar-refractivity contribution in [3.05, 3.63) is 71.8 Å². The molecule has 3 rings (SSSR count). The van der Waals surface area contributed by atoms with Crippen LogP contribution < -0.4 is 14.9 Å². The largest absolute Gasteiger partial charge is 0.494 e. The maximum absolute atomic E-state index is 12.8. The molecule has 0 aliphatic heterocycles. The zero-order chi connectivity index (χ0) is 24.9. The molecule has 0 fully saturated rings. The number of rotatable bonds is 13. The van der Waals surface area contributed by atoms with Crippen molar-refractivity contribution in [2.75, 3.05) is 6.61 Å². The Hall–Kier alpha value is -3.67. The summed E-state index contributed by atoms with van der Waals surface area (Å²) in [7, 11) is 0. The number of fused-ring (bicyclic) bond motifs is 1. The molecule has 0 aromatic heterocycles. The van der Waals surface area contributed by atoms with E-state index in [0.717, 1.165) is 30.0 Å². The molecule has 1 N–H and O–H groups in total. The van der Waals surface area contributed by atoms with Crippen molar-refractivity contribution in [3.63, 3.8) is 0 Å². The first kappa shape index (κ1) is 25.9. The van der Waals surface area contributed by atoms with Crippen LogP contribution in [0.15, 0.2) is 65.8 Å². The molecular formula is C29H34N2O4. The third kappa shape index (κ3) is 7.95. The normalized spacial score (nSPS) is 11.0. The number of unbranched alkanes of at least 4 members (excludes halogenated alkanes) is 5. The highest BCUT2D eigenvalue weighted by Gasteiger charge is 2.14. The van der Waals surface area contributed by atoms with Crippen LogP contribution >= 0.6 is 0 Å². The van der Waals surface area contributed by atoms with Gasteiger partial charge in [-0.1, -0.05) is 69.4 Å². The lowest BCUT2D eigenvalue weighted by Crippen LogP contribution is -2.17. The Bertz CT molecular complexity index is 1140. The molecule has 0 radical (unpaired) electrons. The van der Waals surface area contributed by atoms with Gasteiger partial charge < -0.3 is 9.47 Å². The summed E-state index contributed by atoms with van der Waals surface area (Å²) < 4.78 is 11.2. The number of hydrogen-bond donors (Lipinski definition) is 1. The maximum atomic E-state index is 12.8. The van der Waals surface area contributed by atoms with E-state index < -0.39 is 5.97 Å². The summed E-state index contributed by atoms with van der Waals surface area (Å²) in [5.41, 5.74) is 3.65. The first-order valence-corrected chi connectivity index (χ1v) is 12.4. The predicted octanol–water partition coefficient (Wildman–Crippen LogP) is 6.66. The second-order valence-electron chi connectivity index (χ2n) is 8.36. The molecule has 0 aliphatic carbocycles. The van der Waals surface area contributed by atoms with Gasteiger partial charge in [0.15, 0.2) is 0 Å². The minimum Gasteiger partial charge on any atom is -0.494 e. The van der Waals surface area contributed by atoms with Gasteiger partial charge in [-0.05, 0) is 54.4 Å². The number of carbonyl (C=O) groups is 2. The summed E-state index contributed by atoms with van der Waals surface area (Å²) >= 11 is 0. The number of hydrazone groups is 1. The first-order valence-electron chi connectivity index (χ1n) is 12.4. The molecular weight excluding hydrogens is 440 g/mol. The van der Waals surface area contributed by atoms with Crippen LogP contribution in [0.25, 0.3) is 10.8 Å². The standard InChI is InChI=1S/C29H34N2O4/c1-3-5-6-7-8-9-14-28(32)31-30-21-26-25-13-11-10-12-22(25)17-20-27(26)35-29(33)23-15-18-24(19-16-23)34-4-2/h10-13,15-21H,3-9,14H2,1-2H3,(H,31,32). The summed E-state index contributed by atoms with van der Waals surface area (Å²) in [5.74, 6) is 0.464. The van der Waals surface area contributed by atoms with Crippen molar-refractivity contribution in [1.82, 2.24) is 5.43 Å². The molecule has 6 nitrogen and oxygen atoms in total. The molecule has 6 heteroatoms. The number of hydrogen-bond acceptors (Lipinski definition) is 5. The number of ether oxygens (including phenoxy) is 2. The van der Waals surface area contributed by atoms with Crippen LogP contribution in [0.4, 0.5) is 0 Å². The van der Waals surface area contributed by atoms with Gasteiger partial charge >= 0.3 is 5.97 Å². The number of nitrogens with zero attached hydrogens (tertiary/aromatic N) is 1. The Labute approximate surface area is 207 Å². The van der Waals surface area contributed by atoms with Gasteiger partial charge in [0.2, 0.25) is 5.91 Å². The SMILES string of the molecule is CCCCCCCCC(=O)NN=Cc1c(OC(=O)c2ccc(OCC)cc2)ccc2ccccc12. The maximum Gasteiger partial charge on any atom is 0.343 e. The lowest BCUT2D eigenvalue weighted by atomic mass is 10.0. The molecule has 0 spiro atoms. The van der Waals surface area contributed by atoms with Crippen LogP contribution in [0, 0.1) is 0 Å². The third-order valence-corrected chi connectivity index (χ3v) is 5.67. The van der Waals surface area contributed by atoms with E-state index in [2.05, 4.69) is 17.5 Å². The van der Waals surface area contributed by atoms with Crippen molar-refractivity contribution in [3.8, 4) is 11.5 Å². The quantitative estimate of drug-likeness (QED) is 0.0988.